The van der Waals surface area contributed by atoms with Gasteiger partial charge >= 0.3 is 5.97 Å². The third kappa shape index (κ3) is 3.18. The zero-order chi connectivity index (χ0) is 11.3. The second kappa shape index (κ2) is 5.47. The summed E-state index contributed by atoms with van der Waals surface area (Å²) in [6, 6.07) is 0. The molecule has 1 N–H and O–H groups in total. The molecule has 1 aliphatic carbocycles. The van der Waals surface area contributed by atoms with Crippen molar-refractivity contribution in [1.29, 1.82) is 0 Å². The fourth-order valence-corrected chi connectivity index (χ4v) is 2.07. The maximum atomic E-state index is 11.3. The van der Waals surface area contributed by atoms with Crippen LogP contribution < -0.4 is 5.32 Å². The second-order valence-corrected chi connectivity index (χ2v) is 4.23. The first-order valence-corrected chi connectivity index (χ1v) is 5.50. The molecule has 1 rings (SSSR count). The molecule has 0 aromatic rings. The van der Waals surface area contributed by atoms with Gasteiger partial charge in [0.2, 0.25) is 0 Å². The zero-order valence-corrected chi connectivity index (χ0v) is 9.84. The quantitative estimate of drug-likeness (QED) is 0.674. The number of ether oxygens (including phenoxy) is 2. The number of carbonyl (C=O) groups excluding carboxylic acids is 1. The van der Waals surface area contributed by atoms with Crippen LogP contribution in [0.2, 0.25) is 0 Å². The summed E-state index contributed by atoms with van der Waals surface area (Å²) in [4.78, 5) is 11.3. The molecule has 88 valence electrons. The lowest BCUT2D eigenvalue weighted by Gasteiger charge is -2.47. The Kier molecular flexibility index (Phi) is 4.54. The van der Waals surface area contributed by atoms with Gasteiger partial charge in [-0.2, -0.15) is 0 Å². The molecule has 1 fully saturated rings. The number of esters is 1. The highest BCUT2D eigenvalue weighted by atomic mass is 16.5. The summed E-state index contributed by atoms with van der Waals surface area (Å²) >= 11 is 0. The molecule has 4 nitrogen and oxygen atoms in total. The maximum absolute atomic E-state index is 11.3. The fourth-order valence-electron chi connectivity index (χ4n) is 2.07. The number of methoxy groups -OCH3 is 2. The van der Waals surface area contributed by atoms with Gasteiger partial charge in [-0.05, 0) is 25.8 Å². The highest BCUT2D eigenvalue weighted by molar-refractivity contribution is 5.71. The largest absolute Gasteiger partial charge is 0.469 e. The summed E-state index contributed by atoms with van der Waals surface area (Å²) < 4.78 is 9.96. The summed E-state index contributed by atoms with van der Waals surface area (Å²) in [5.41, 5.74) is -0.0796. The van der Waals surface area contributed by atoms with Crippen LogP contribution in [0.5, 0.6) is 0 Å². The van der Waals surface area contributed by atoms with E-state index in [0.717, 1.165) is 25.8 Å². The summed E-state index contributed by atoms with van der Waals surface area (Å²) in [6.07, 6.45) is 3.61. The molecule has 15 heavy (non-hydrogen) atoms. The predicted octanol–water partition coefficient (Wildman–Crippen LogP) is 1.10. The van der Waals surface area contributed by atoms with Crippen LogP contribution in [0.15, 0.2) is 0 Å². The molecule has 0 aromatic heterocycles. The highest BCUT2D eigenvalue weighted by Crippen LogP contribution is 2.37. The molecule has 0 unspecified atom stereocenters. The predicted molar refractivity (Wildman–Crippen MR) is 57.7 cm³/mol. The summed E-state index contributed by atoms with van der Waals surface area (Å²) in [6.45, 7) is 3.05. The number of nitrogens with one attached hydrogen (secondary N) is 1. The van der Waals surface area contributed by atoms with E-state index in [1.54, 1.807) is 7.11 Å². The van der Waals surface area contributed by atoms with Gasteiger partial charge in [0, 0.05) is 12.6 Å². The number of hydrogen-bond acceptors (Lipinski definition) is 4. The van der Waals surface area contributed by atoms with Crippen LogP contribution in [0.1, 0.15) is 32.6 Å². The zero-order valence-electron chi connectivity index (χ0n) is 9.84. The van der Waals surface area contributed by atoms with Gasteiger partial charge in [-0.15, -0.1) is 0 Å². The van der Waals surface area contributed by atoms with E-state index in [-0.39, 0.29) is 11.5 Å². The van der Waals surface area contributed by atoms with E-state index in [1.165, 1.54) is 7.11 Å². The average Bonchev–Trinajstić information content (AvgIpc) is 2.20. The van der Waals surface area contributed by atoms with E-state index in [0.29, 0.717) is 12.5 Å². The third-order valence-corrected chi connectivity index (χ3v) is 3.03. The van der Waals surface area contributed by atoms with Gasteiger partial charge in [-0.25, -0.2) is 0 Å². The van der Waals surface area contributed by atoms with Crippen molar-refractivity contribution in [3.8, 4) is 0 Å². The van der Waals surface area contributed by atoms with E-state index in [1.807, 2.05) is 0 Å². The van der Waals surface area contributed by atoms with Crippen molar-refractivity contribution in [2.24, 2.45) is 0 Å². The standard InChI is InChI=1S/C11H21NO3/c1-4-5-12-11(8-10(13)15-3)6-9(7-11)14-2/h9,12H,4-8H2,1-3H3. The van der Waals surface area contributed by atoms with Crippen LogP contribution in [-0.2, 0) is 14.3 Å². The Balaban J connectivity index is 2.44. The van der Waals surface area contributed by atoms with Crippen LogP contribution in [0, 0.1) is 0 Å². The van der Waals surface area contributed by atoms with E-state index in [4.69, 9.17) is 9.47 Å². The van der Waals surface area contributed by atoms with E-state index < -0.39 is 0 Å². The Morgan fingerprint density at radius 3 is 2.60 bits per heavy atom. The van der Waals surface area contributed by atoms with Gasteiger partial charge < -0.3 is 14.8 Å². The number of carbonyl (C=O) groups is 1. The minimum atomic E-state index is -0.145. The minimum Gasteiger partial charge on any atom is -0.469 e. The van der Waals surface area contributed by atoms with Gasteiger partial charge in [-0.1, -0.05) is 6.92 Å². The molecule has 0 heterocycles. The van der Waals surface area contributed by atoms with Crippen molar-refractivity contribution in [2.45, 2.75) is 44.2 Å². The lowest BCUT2D eigenvalue weighted by atomic mass is 9.72. The number of hydrogen-bond donors (Lipinski definition) is 1. The van der Waals surface area contributed by atoms with Crippen molar-refractivity contribution >= 4 is 5.97 Å². The first-order valence-electron chi connectivity index (χ1n) is 5.50. The molecule has 0 aliphatic heterocycles. The Hall–Kier alpha value is -0.610. The minimum absolute atomic E-state index is 0.0796. The smallest absolute Gasteiger partial charge is 0.307 e. The fraction of sp³-hybridized carbons (Fsp3) is 0.909. The molecule has 0 atom stereocenters. The van der Waals surface area contributed by atoms with Gasteiger partial charge in [0.15, 0.2) is 0 Å². The maximum Gasteiger partial charge on any atom is 0.307 e. The molecule has 0 radical (unpaired) electrons. The van der Waals surface area contributed by atoms with Gasteiger partial charge in [-0.3, -0.25) is 4.79 Å². The second-order valence-electron chi connectivity index (χ2n) is 4.23. The van der Waals surface area contributed by atoms with Gasteiger partial charge in [0.1, 0.15) is 0 Å². The van der Waals surface area contributed by atoms with Crippen molar-refractivity contribution in [3.63, 3.8) is 0 Å². The first-order chi connectivity index (χ1) is 7.15. The Bertz CT molecular complexity index is 206. The van der Waals surface area contributed by atoms with E-state index in [2.05, 4.69) is 12.2 Å². The van der Waals surface area contributed by atoms with Crippen molar-refractivity contribution in [1.82, 2.24) is 5.32 Å². The van der Waals surface area contributed by atoms with Crippen LogP contribution >= 0.6 is 0 Å². The topological polar surface area (TPSA) is 47.6 Å². The molecule has 4 heteroatoms. The van der Waals surface area contributed by atoms with Crippen LogP contribution in [-0.4, -0.2) is 38.4 Å². The summed E-state index contributed by atoms with van der Waals surface area (Å²) in [5, 5.41) is 3.43. The number of rotatable bonds is 6. The highest BCUT2D eigenvalue weighted by Gasteiger charge is 2.45. The molecule has 0 bridgehead atoms. The van der Waals surface area contributed by atoms with Crippen LogP contribution in [0.4, 0.5) is 0 Å². The van der Waals surface area contributed by atoms with E-state index >= 15 is 0 Å². The molecule has 1 aliphatic rings. The molecular weight excluding hydrogens is 194 g/mol. The summed E-state index contributed by atoms with van der Waals surface area (Å²) in [7, 11) is 3.15. The summed E-state index contributed by atoms with van der Waals surface area (Å²) in [5.74, 6) is -0.145. The van der Waals surface area contributed by atoms with Gasteiger partial charge in [0.05, 0.1) is 19.6 Å². The molecule has 0 aromatic carbocycles. The first kappa shape index (κ1) is 12.5. The average molecular weight is 215 g/mol. The normalized spacial score (nSPS) is 29.7. The molecule has 0 saturated heterocycles. The van der Waals surface area contributed by atoms with Crippen molar-refractivity contribution < 1.29 is 14.3 Å². The monoisotopic (exact) mass is 215 g/mol. The lowest BCUT2D eigenvalue weighted by molar-refractivity contribution is -0.145. The van der Waals surface area contributed by atoms with Crippen molar-refractivity contribution in [2.75, 3.05) is 20.8 Å². The molecule has 0 spiro atoms. The molecule has 0 amide bonds. The van der Waals surface area contributed by atoms with Gasteiger partial charge in [0.25, 0.3) is 0 Å². The third-order valence-electron chi connectivity index (χ3n) is 3.03. The molecular formula is C11H21NO3. The lowest BCUT2D eigenvalue weighted by Crippen LogP contribution is -2.59. The van der Waals surface area contributed by atoms with Crippen LogP contribution in [0.3, 0.4) is 0 Å². The Morgan fingerprint density at radius 2 is 2.13 bits per heavy atom. The van der Waals surface area contributed by atoms with Crippen molar-refractivity contribution in [3.05, 3.63) is 0 Å². The van der Waals surface area contributed by atoms with Crippen LogP contribution in [0.25, 0.3) is 0 Å². The SMILES string of the molecule is CCCNC1(CC(=O)OC)CC(OC)C1. The van der Waals surface area contributed by atoms with E-state index in [9.17, 15) is 4.79 Å². The Morgan fingerprint density at radius 1 is 1.47 bits per heavy atom. The molecule has 1 saturated carbocycles. The Labute approximate surface area is 91.3 Å².